The molecule has 0 amide bonds. The van der Waals surface area contributed by atoms with Crippen molar-refractivity contribution in [1.82, 2.24) is 0 Å². The summed E-state index contributed by atoms with van der Waals surface area (Å²) in [5.41, 5.74) is 2.79. The Morgan fingerprint density at radius 2 is 1.79 bits per heavy atom. The third-order valence-corrected chi connectivity index (χ3v) is 2.79. The third kappa shape index (κ3) is 1.52. The molecule has 0 fully saturated rings. The summed E-state index contributed by atoms with van der Waals surface area (Å²) in [5.74, 6) is 0.610. The molecule has 0 atom stereocenters. The smallest absolute Gasteiger partial charge is 0.0152 e. The molecule has 2 aromatic rings. The molecule has 0 nitrogen and oxygen atoms in total. The second kappa shape index (κ2) is 3.45. The van der Waals surface area contributed by atoms with E-state index in [1.54, 1.807) is 0 Å². The lowest BCUT2D eigenvalue weighted by atomic mass is 9.97. The first-order valence-corrected chi connectivity index (χ1v) is 5.18. The zero-order chi connectivity index (χ0) is 10.1. The summed E-state index contributed by atoms with van der Waals surface area (Å²) < 4.78 is 0. The highest BCUT2D eigenvalue weighted by atomic mass is 14.1. The standard InChI is InChI=1S/C14H16/c1-10(2)13-8-7-12-6-4-5-11(3)14(12)9-13/h4-10H,1-3H3. The largest absolute Gasteiger partial charge is 0.0614 e. The van der Waals surface area contributed by atoms with E-state index in [1.165, 1.54) is 21.9 Å². The van der Waals surface area contributed by atoms with Crippen molar-refractivity contribution in [3.05, 3.63) is 47.5 Å². The van der Waals surface area contributed by atoms with Gasteiger partial charge in [-0.05, 0) is 34.7 Å². The van der Waals surface area contributed by atoms with Crippen molar-refractivity contribution in [1.29, 1.82) is 0 Å². The van der Waals surface area contributed by atoms with Crippen molar-refractivity contribution in [3.8, 4) is 0 Å². The molecule has 0 radical (unpaired) electrons. The van der Waals surface area contributed by atoms with Crippen LogP contribution in [-0.4, -0.2) is 0 Å². The number of fused-ring (bicyclic) bond motifs is 1. The summed E-state index contributed by atoms with van der Waals surface area (Å²) in [6.07, 6.45) is 0. The van der Waals surface area contributed by atoms with Crippen LogP contribution in [-0.2, 0) is 0 Å². The molecular formula is C14H16. The normalized spacial score (nSPS) is 11.1. The van der Waals surface area contributed by atoms with Crippen molar-refractivity contribution in [2.24, 2.45) is 0 Å². The lowest BCUT2D eigenvalue weighted by Crippen LogP contribution is -1.87. The summed E-state index contributed by atoms with van der Waals surface area (Å²) in [7, 11) is 0. The van der Waals surface area contributed by atoms with E-state index in [-0.39, 0.29) is 0 Å². The number of hydrogen-bond acceptors (Lipinski definition) is 0. The minimum absolute atomic E-state index is 0.610. The van der Waals surface area contributed by atoms with E-state index in [4.69, 9.17) is 0 Å². The number of benzene rings is 2. The first-order valence-electron chi connectivity index (χ1n) is 5.18. The highest BCUT2D eigenvalue weighted by Gasteiger charge is 2.01. The summed E-state index contributed by atoms with van der Waals surface area (Å²) >= 11 is 0. The topological polar surface area (TPSA) is 0 Å². The van der Waals surface area contributed by atoms with E-state index in [9.17, 15) is 0 Å². The molecule has 0 saturated carbocycles. The molecule has 72 valence electrons. The SMILES string of the molecule is Cc1cccc2ccc(C(C)C)cc12. The Bertz CT molecular complexity index is 453. The highest BCUT2D eigenvalue weighted by Crippen LogP contribution is 2.23. The van der Waals surface area contributed by atoms with Crippen molar-refractivity contribution in [3.63, 3.8) is 0 Å². The summed E-state index contributed by atoms with van der Waals surface area (Å²) in [4.78, 5) is 0. The van der Waals surface area contributed by atoms with Crippen LogP contribution in [0.5, 0.6) is 0 Å². The maximum Gasteiger partial charge on any atom is -0.0152 e. The fraction of sp³-hybridized carbons (Fsp3) is 0.286. The number of rotatable bonds is 1. The van der Waals surface area contributed by atoms with E-state index in [2.05, 4.69) is 57.2 Å². The van der Waals surface area contributed by atoms with Gasteiger partial charge >= 0.3 is 0 Å². The predicted octanol–water partition coefficient (Wildman–Crippen LogP) is 4.27. The summed E-state index contributed by atoms with van der Waals surface area (Å²) in [6.45, 7) is 6.64. The Morgan fingerprint density at radius 1 is 1.00 bits per heavy atom. The maximum atomic E-state index is 2.31. The minimum atomic E-state index is 0.610. The molecule has 0 bridgehead atoms. The molecule has 0 heterocycles. The van der Waals surface area contributed by atoms with E-state index >= 15 is 0 Å². The molecule has 14 heavy (non-hydrogen) atoms. The van der Waals surface area contributed by atoms with E-state index in [0.29, 0.717) is 5.92 Å². The number of hydrogen-bond donors (Lipinski definition) is 0. The van der Waals surface area contributed by atoms with Gasteiger partial charge in [0.25, 0.3) is 0 Å². The van der Waals surface area contributed by atoms with Crippen LogP contribution < -0.4 is 0 Å². The molecule has 0 aliphatic rings. The van der Waals surface area contributed by atoms with Crippen molar-refractivity contribution < 1.29 is 0 Å². The molecule has 2 aromatic carbocycles. The van der Waals surface area contributed by atoms with Gasteiger partial charge < -0.3 is 0 Å². The molecule has 0 aliphatic heterocycles. The number of aryl methyl sites for hydroxylation is 1. The van der Waals surface area contributed by atoms with Gasteiger partial charge in [0, 0.05) is 0 Å². The molecule has 0 aromatic heterocycles. The lowest BCUT2D eigenvalue weighted by Gasteiger charge is -2.08. The zero-order valence-electron chi connectivity index (χ0n) is 9.04. The van der Waals surface area contributed by atoms with Crippen LogP contribution in [0.2, 0.25) is 0 Å². The molecule has 2 rings (SSSR count). The van der Waals surface area contributed by atoms with Crippen LogP contribution in [0.25, 0.3) is 10.8 Å². The molecule has 0 spiro atoms. The summed E-state index contributed by atoms with van der Waals surface area (Å²) in [6, 6.07) is 13.2. The first-order chi connectivity index (χ1) is 6.68. The molecule has 0 saturated heterocycles. The van der Waals surface area contributed by atoms with Crippen LogP contribution in [0.4, 0.5) is 0 Å². The van der Waals surface area contributed by atoms with Crippen LogP contribution in [0.1, 0.15) is 30.9 Å². The van der Waals surface area contributed by atoms with Gasteiger partial charge in [-0.1, -0.05) is 50.2 Å². The predicted molar refractivity (Wildman–Crippen MR) is 62.8 cm³/mol. The van der Waals surface area contributed by atoms with Crippen molar-refractivity contribution in [2.75, 3.05) is 0 Å². The van der Waals surface area contributed by atoms with Crippen molar-refractivity contribution >= 4 is 10.8 Å². The van der Waals surface area contributed by atoms with E-state index in [0.717, 1.165) is 0 Å². The van der Waals surface area contributed by atoms with Gasteiger partial charge in [-0.25, -0.2) is 0 Å². The van der Waals surface area contributed by atoms with Gasteiger partial charge in [-0.2, -0.15) is 0 Å². The van der Waals surface area contributed by atoms with Gasteiger partial charge in [0.2, 0.25) is 0 Å². The second-order valence-corrected chi connectivity index (χ2v) is 4.21. The van der Waals surface area contributed by atoms with Gasteiger partial charge in [-0.3, -0.25) is 0 Å². The molecule has 0 N–H and O–H groups in total. The second-order valence-electron chi connectivity index (χ2n) is 4.21. The van der Waals surface area contributed by atoms with Crippen LogP contribution >= 0.6 is 0 Å². The van der Waals surface area contributed by atoms with Gasteiger partial charge in [0.1, 0.15) is 0 Å². The average molecular weight is 184 g/mol. The van der Waals surface area contributed by atoms with Crippen LogP contribution in [0.3, 0.4) is 0 Å². The Hall–Kier alpha value is -1.30. The Kier molecular flexibility index (Phi) is 2.28. The Balaban J connectivity index is 2.70. The Labute approximate surface area is 85.6 Å². The monoisotopic (exact) mass is 184 g/mol. The lowest BCUT2D eigenvalue weighted by molar-refractivity contribution is 0.868. The maximum absolute atomic E-state index is 2.31. The first kappa shape index (κ1) is 9.26. The zero-order valence-corrected chi connectivity index (χ0v) is 9.04. The quantitative estimate of drug-likeness (QED) is 0.620. The fourth-order valence-electron chi connectivity index (χ4n) is 1.81. The van der Waals surface area contributed by atoms with Gasteiger partial charge in [0.15, 0.2) is 0 Å². The molecule has 0 aliphatic carbocycles. The van der Waals surface area contributed by atoms with E-state index in [1.807, 2.05) is 0 Å². The van der Waals surface area contributed by atoms with Gasteiger partial charge in [-0.15, -0.1) is 0 Å². The summed E-state index contributed by atoms with van der Waals surface area (Å²) in [5, 5.41) is 2.73. The molecule has 0 unspecified atom stereocenters. The minimum Gasteiger partial charge on any atom is -0.0614 e. The molecular weight excluding hydrogens is 168 g/mol. The van der Waals surface area contributed by atoms with E-state index < -0.39 is 0 Å². The fourth-order valence-corrected chi connectivity index (χ4v) is 1.81. The average Bonchev–Trinajstić information content (AvgIpc) is 2.18. The molecule has 0 heteroatoms. The van der Waals surface area contributed by atoms with Gasteiger partial charge in [0.05, 0.1) is 0 Å². The van der Waals surface area contributed by atoms with Crippen LogP contribution in [0, 0.1) is 6.92 Å². The Morgan fingerprint density at radius 3 is 2.50 bits per heavy atom. The third-order valence-electron chi connectivity index (χ3n) is 2.79. The van der Waals surface area contributed by atoms with Crippen molar-refractivity contribution in [2.45, 2.75) is 26.7 Å². The highest BCUT2D eigenvalue weighted by molar-refractivity contribution is 5.86. The van der Waals surface area contributed by atoms with Crippen LogP contribution in [0.15, 0.2) is 36.4 Å².